The van der Waals surface area contributed by atoms with Gasteiger partial charge in [0.05, 0.1) is 33.1 Å². The second kappa shape index (κ2) is 10.8. The molecule has 9 nitrogen and oxygen atoms in total. The minimum absolute atomic E-state index is 0.0399. The van der Waals surface area contributed by atoms with Crippen molar-refractivity contribution in [2.45, 2.75) is 0 Å². The Labute approximate surface area is 211 Å². The molecule has 0 radical (unpaired) electrons. The Bertz CT molecular complexity index is 1170. The van der Waals surface area contributed by atoms with E-state index >= 15 is 0 Å². The zero-order valence-electron chi connectivity index (χ0n) is 20.7. The number of aromatic nitrogens is 2. The van der Waals surface area contributed by atoms with Gasteiger partial charge in [0.25, 0.3) is 5.91 Å². The number of anilines is 2. The first-order chi connectivity index (χ1) is 17.6. The molecule has 1 amide bonds. The highest BCUT2D eigenvalue weighted by molar-refractivity contribution is 5.95. The van der Waals surface area contributed by atoms with Gasteiger partial charge in [0, 0.05) is 68.3 Å². The smallest absolute Gasteiger partial charge is 0.254 e. The average Bonchev–Trinajstić information content (AvgIpc) is 2.97. The minimum atomic E-state index is -0.0399. The fraction of sp³-hybridized carbons (Fsp3) is 0.370. The van der Waals surface area contributed by atoms with Crippen LogP contribution in [0.5, 0.6) is 11.5 Å². The Hall–Kier alpha value is -3.85. The molecular weight excluding hydrogens is 458 g/mol. The maximum absolute atomic E-state index is 13.1. The summed E-state index contributed by atoms with van der Waals surface area (Å²) in [6.07, 6.45) is 1.80. The first kappa shape index (κ1) is 23.9. The maximum atomic E-state index is 13.1. The topological polar surface area (TPSA) is 80.3 Å². The Kier molecular flexibility index (Phi) is 7.18. The summed E-state index contributed by atoms with van der Waals surface area (Å²) < 4.78 is 16.1. The molecule has 0 spiro atoms. The van der Waals surface area contributed by atoms with Crippen molar-refractivity contribution in [2.75, 3.05) is 76.5 Å². The quantitative estimate of drug-likeness (QED) is 0.523. The van der Waals surface area contributed by atoms with Gasteiger partial charge in [-0.25, -0.2) is 9.97 Å². The average molecular weight is 490 g/mol. The highest BCUT2D eigenvalue weighted by Gasteiger charge is 2.24. The molecule has 9 heteroatoms. The van der Waals surface area contributed by atoms with Crippen LogP contribution in [-0.4, -0.2) is 87.5 Å². The number of hydrogen-bond donors (Lipinski definition) is 0. The van der Waals surface area contributed by atoms with Gasteiger partial charge in [-0.2, -0.15) is 0 Å². The summed E-state index contributed by atoms with van der Waals surface area (Å²) in [5.74, 6) is 1.83. The van der Waals surface area contributed by atoms with E-state index < -0.39 is 0 Å². The number of rotatable bonds is 6. The lowest BCUT2D eigenvalue weighted by molar-refractivity contribution is 0.0745. The number of methoxy groups -OCH3 is 2. The van der Waals surface area contributed by atoms with E-state index in [2.05, 4.69) is 39.0 Å². The summed E-state index contributed by atoms with van der Waals surface area (Å²) in [6, 6.07) is 15.7. The van der Waals surface area contributed by atoms with Gasteiger partial charge in [-0.15, -0.1) is 0 Å². The molecule has 2 aliphatic heterocycles. The lowest BCUT2D eigenvalue weighted by Gasteiger charge is -2.35. The maximum Gasteiger partial charge on any atom is 0.254 e. The van der Waals surface area contributed by atoms with Crippen LogP contribution in [0, 0.1) is 0 Å². The van der Waals surface area contributed by atoms with Crippen LogP contribution in [-0.2, 0) is 4.74 Å². The van der Waals surface area contributed by atoms with Gasteiger partial charge >= 0.3 is 0 Å². The van der Waals surface area contributed by atoms with Crippen molar-refractivity contribution >= 4 is 17.5 Å². The number of carbonyl (C=O) groups is 1. The van der Waals surface area contributed by atoms with Gasteiger partial charge in [0.2, 0.25) is 5.95 Å². The van der Waals surface area contributed by atoms with Crippen molar-refractivity contribution in [3.8, 4) is 22.8 Å². The lowest BCUT2D eigenvalue weighted by atomic mass is 10.1. The van der Waals surface area contributed by atoms with Crippen LogP contribution in [0.2, 0.25) is 0 Å². The Morgan fingerprint density at radius 1 is 0.833 bits per heavy atom. The Balaban J connectivity index is 1.24. The number of benzene rings is 2. The molecule has 2 aromatic carbocycles. The summed E-state index contributed by atoms with van der Waals surface area (Å²) in [5.41, 5.74) is 3.69. The van der Waals surface area contributed by atoms with Gasteiger partial charge in [-0.05, 0) is 30.3 Å². The molecule has 2 saturated heterocycles. The van der Waals surface area contributed by atoms with Gasteiger partial charge in [-0.3, -0.25) is 4.79 Å². The molecule has 0 saturated carbocycles. The number of hydrogen-bond acceptors (Lipinski definition) is 8. The number of morpholine rings is 1. The van der Waals surface area contributed by atoms with Crippen LogP contribution in [0.4, 0.5) is 11.6 Å². The summed E-state index contributed by atoms with van der Waals surface area (Å²) >= 11 is 0. The van der Waals surface area contributed by atoms with E-state index in [-0.39, 0.29) is 5.91 Å². The van der Waals surface area contributed by atoms with Crippen LogP contribution >= 0.6 is 0 Å². The van der Waals surface area contributed by atoms with Crippen molar-refractivity contribution in [1.29, 1.82) is 0 Å². The van der Waals surface area contributed by atoms with E-state index in [9.17, 15) is 4.79 Å². The molecule has 2 aliphatic rings. The fourth-order valence-electron chi connectivity index (χ4n) is 4.55. The molecule has 5 rings (SSSR count). The first-order valence-electron chi connectivity index (χ1n) is 12.2. The number of nitrogens with zero attached hydrogens (tertiary/aromatic N) is 5. The number of carbonyl (C=O) groups excluding carboxylic acids is 1. The standard InChI is InChI=1S/C27H31N5O4/c1-34-23-17-21(18-24(19-23)35-2)26(33)31-9-11-32(12-10-31)27-28-8-7-25(29-27)20-3-5-22(6-4-20)30-13-15-36-16-14-30/h3-8,17-19H,9-16H2,1-2H3. The monoisotopic (exact) mass is 489 g/mol. The zero-order chi connectivity index (χ0) is 24.9. The molecule has 2 fully saturated rings. The van der Waals surface area contributed by atoms with E-state index in [4.69, 9.17) is 19.2 Å². The van der Waals surface area contributed by atoms with Crippen LogP contribution in [0.15, 0.2) is 54.7 Å². The van der Waals surface area contributed by atoms with Crippen LogP contribution in [0.25, 0.3) is 11.3 Å². The van der Waals surface area contributed by atoms with Crippen LogP contribution < -0.4 is 19.3 Å². The van der Waals surface area contributed by atoms with Crippen molar-refractivity contribution in [3.63, 3.8) is 0 Å². The largest absolute Gasteiger partial charge is 0.497 e. The molecule has 0 atom stereocenters. The second-order valence-corrected chi connectivity index (χ2v) is 8.77. The van der Waals surface area contributed by atoms with Crippen LogP contribution in [0.3, 0.4) is 0 Å². The molecular formula is C27H31N5O4. The summed E-state index contributed by atoms with van der Waals surface area (Å²) in [5, 5.41) is 0. The van der Waals surface area contributed by atoms with Gasteiger partial charge in [0.15, 0.2) is 0 Å². The van der Waals surface area contributed by atoms with Gasteiger partial charge < -0.3 is 28.9 Å². The minimum Gasteiger partial charge on any atom is -0.497 e. The van der Waals surface area contributed by atoms with E-state index in [1.807, 2.05) is 11.0 Å². The molecule has 1 aromatic heterocycles. The highest BCUT2D eigenvalue weighted by Crippen LogP contribution is 2.26. The van der Waals surface area contributed by atoms with E-state index in [0.29, 0.717) is 49.2 Å². The van der Waals surface area contributed by atoms with Crippen molar-refractivity contribution in [3.05, 3.63) is 60.3 Å². The molecule has 0 N–H and O–H groups in total. The third-order valence-corrected chi connectivity index (χ3v) is 6.63. The Morgan fingerprint density at radius 2 is 1.50 bits per heavy atom. The van der Waals surface area contributed by atoms with Crippen molar-refractivity contribution in [2.24, 2.45) is 0 Å². The zero-order valence-corrected chi connectivity index (χ0v) is 20.7. The predicted octanol–water partition coefficient (Wildman–Crippen LogP) is 2.96. The second-order valence-electron chi connectivity index (χ2n) is 8.77. The lowest BCUT2D eigenvalue weighted by Crippen LogP contribution is -2.49. The third-order valence-electron chi connectivity index (χ3n) is 6.63. The summed E-state index contributed by atoms with van der Waals surface area (Å²) in [6.45, 7) is 5.85. The molecule has 36 heavy (non-hydrogen) atoms. The predicted molar refractivity (Wildman–Crippen MR) is 138 cm³/mol. The Morgan fingerprint density at radius 3 is 2.14 bits per heavy atom. The highest BCUT2D eigenvalue weighted by atomic mass is 16.5. The summed E-state index contributed by atoms with van der Waals surface area (Å²) in [4.78, 5) is 28.8. The van der Waals surface area contributed by atoms with Crippen molar-refractivity contribution in [1.82, 2.24) is 14.9 Å². The molecule has 0 unspecified atom stereocenters. The first-order valence-corrected chi connectivity index (χ1v) is 12.2. The molecule has 188 valence electrons. The third kappa shape index (κ3) is 5.21. The van der Waals surface area contributed by atoms with Gasteiger partial charge in [0.1, 0.15) is 11.5 Å². The molecule has 0 bridgehead atoms. The fourth-order valence-corrected chi connectivity index (χ4v) is 4.55. The summed E-state index contributed by atoms with van der Waals surface area (Å²) in [7, 11) is 3.16. The number of piperazine rings is 1. The normalized spacial score (nSPS) is 16.1. The van der Waals surface area contributed by atoms with Gasteiger partial charge in [-0.1, -0.05) is 12.1 Å². The van der Waals surface area contributed by atoms with E-state index in [0.717, 1.165) is 37.6 Å². The SMILES string of the molecule is COc1cc(OC)cc(C(=O)N2CCN(c3nccc(-c4ccc(N5CCOCC5)cc4)n3)CC2)c1. The molecule has 3 aromatic rings. The number of amides is 1. The van der Waals surface area contributed by atoms with Crippen molar-refractivity contribution < 1.29 is 19.0 Å². The van der Waals surface area contributed by atoms with E-state index in [1.54, 1.807) is 38.6 Å². The van der Waals surface area contributed by atoms with E-state index in [1.165, 1.54) is 5.69 Å². The molecule has 0 aliphatic carbocycles. The van der Waals surface area contributed by atoms with Crippen LogP contribution in [0.1, 0.15) is 10.4 Å². The number of ether oxygens (including phenoxy) is 3. The molecule has 3 heterocycles.